The average Bonchev–Trinajstić information content (AvgIpc) is 2.97. The molecule has 5 nitrogen and oxygen atoms in total. The number of hydrogen-bond acceptors (Lipinski definition) is 3. The van der Waals surface area contributed by atoms with Crippen molar-refractivity contribution in [3.63, 3.8) is 0 Å². The van der Waals surface area contributed by atoms with Crippen LogP contribution in [0, 0.1) is 0 Å². The van der Waals surface area contributed by atoms with Gasteiger partial charge in [0.15, 0.2) is 0 Å². The summed E-state index contributed by atoms with van der Waals surface area (Å²) in [6, 6.07) is 7.36. The molecule has 0 radical (unpaired) electrons. The number of rotatable bonds is 5. The molecular weight excluding hydrogens is 477 g/mol. The zero-order valence-electron chi connectivity index (χ0n) is 17.9. The Morgan fingerprint density at radius 2 is 1.82 bits per heavy atom. The van der Waals surface area contributed by atoms with Gasteiger partial charge in [-0.3, -0.25) is 4.79 Å². The van der Waals surface area contributed by atoms with Crippen molar-refractivity contribution >= 4 is 33.2 Å². The molecule has 4 rings (SSSR count). The van der Waals surface area contributed by atoms with Crippen LogP contribution in [0.5, 0.6) is 0 Å². The maximum absolute atomic E-state index is 13.6. The summed E-state index contributed by atoms with van der Waals surface area (Å²) in [7, 11) is -3.85. The Morgan fingerprint density at radius 1 is 1.12 bits per heavy atom. The first-order valence-electron chi connectivity index (χ1n) is 10.7. The molecule has 0 saturated heterocycles. The van der Waals surface area contributed by atoms with Gasteiger partial charge in [0, 0.05) is 16.8 Å². The minimum Gasteiger partial charge on any atom is -0.325 e. The van der Waals surface area contributed by atoms with Crippen molar-refractivity contribution in [3.8, 4) is 0 Å². The topological polar surface area (TPSA) is 75.3 Å². The van der Waals surface area contributed by atoms with E-state index in [2.05, 4.69) is 10.0 Å². The number of nitrogens with one attached hydrogen (secondary N) is 2. The lowest BCUT2D eigenvalue weighted by molar-refractivity contribution is -0.138. The molecule has 2 N–H and O–H groups in total. The van der Waals surface area contributed by atoms with Gasteiger partial charge >= 0.3 is 6.18 Å². The van der Waals surface area contributed by atoms with E-state index in [9.17, 15) is 26.4 Å². The van der Waals surface area contributed by atoms with Crippen molar-refractivity contribution in [2.24, 2.45) is 0 Å². The lowest BCUT2D eigenvalue weighted by Gasteiger charge is -2.25. The molecular formula is C23H24ClF3N2O3S. The zero-order chi connectivity index (χ0) is 24.0. The number of carbonyl (C=O) groups is 1. The fourth-order valence-electron chi connectivity index (χ4n) is 4.69. The van der Waals surface area contributed by atoms with Crippen LogP contribution in [0.3, 0.4) is 0 Å². The van der Waals surface area contributed by atoms with E-state index < -0.39 is 33.1 Å². The summed E-state index contributed by atoms with van der Waals surface area (Å²) in [6.45, 7) is 1.51. The molecule has 2 aliphatic rings. The molecule has 2 aromatic carbocycles. The van der Waals surface area contributed by atoms with Crippen LogP contribution in [0.1, 0.15) is 55.7 Å². The van der Waals surface area contributed by atoms with Crippen LogP contribution in [0.25, 0.3) is 0 Å². The third-order valence-electron chi connectivity index (χ3n) is 6.49. The second-order valence-corrected chi connectivity index (χ2v) is 11.1. The Hall–Kier alpha value is -2.10. The zero-order valence-corrected chi connectivity index (χ0v) is 19.5. The molecule has 1 aliphatic carbocycles. The van der Waals surface area contributed by atoms with Crippen molar-refractivity contribution < 1.29 is 26.4 Å². The number of halogens is 4. The number of benzene rings is 2. The van der Waals surface area contributed by atoms with Crippen LogP contribution < -0.4 is 10.0 Å². The van der Waals surface area contributed by atoms with Crippen LogP contribution >= 0.6 is 11.6 Å². The molecule has 1 heterocycles. The molecule has 10 heteroatoms. The number of fused-ring (bicyclic) bond motifs is 1. The standard InChI is InChI=1S/C23H24ClF3N2O3S/c1-22(13-14-11-15(24)7-9-18(14)23(25,26)27)19-12-17(8-10-20(19)28-21(22)30)33(31,32)29-16-5-3-2-4-6-16/h7-12,16,29H,2-6,13H2,1H3,(H,28,30). The number of sulfonamides is 1. The van der Waals surface area contributed by atoms with Gasteiger partial charge in [-0.15, -0.1) is 0 Å². The van der Waals surface area contributed by atoms with E-state index in [0.29, 0.717) is 11.3 Å². The third kappa shape index (κ3) is 4.76. The molecule has 1 fully saturated rings. The second kappa shape index (κ2) is 8.60. The minimum atomic E-state index is -4.62. The normalized spacial score (nSPS) is 21.7. The van der Waals surface area contributed by atoms with E-state index >= 15 is 0 Å². The maximum Gasteiger partial charge on any atom is 0.416 e. The SMILES string of the molecule is CC1(Cc2cc(Cl)ccc2C(F)(F)F)C(=O)Nc2ccc(S(=O)(=O)NC3CCCCC3)cc21. The van der Waals surface area contributed by atoms with E-state index in [0.717, 1.165) is 44.2 Å². The summed E-state index contributed by atoms with van der Waals surface area (Å²) in [5.74, 6) is -0.500. The first kappa shape index (κ1) is 24.0. The van der Waals surface area contributed by atoms with Gasteiger partial charge in [-0.05, 0) is 73.7 Å². The van der Waals surface area contributed by atoms with Gasteiger partial charge in [-0.1, -0.05) is 30.9 Å². The van der Waals surface area contributed by atoms with E-state index in [1.165, 1.54) is 31.2 Å². The van der Waals surface area contributed by atoms with E-state index in [-0.39, 0.29) is 27.9 Å². The predicted octanol–water partition coefficient (Wildman–Crippen LogP) is 5.42. The number of anilines is 1. The molecule has 0 bridgehead atoms. The molecule has 1 atom stereocenters. The fraction of sp³-hybridized carbons (Fsp3) is 0.435. The van der Waals surface area contributed by atoms with E-state index in [1.807, 2.05) is 0 Å². The highest BCUT2D eigenvalue weighted by Crippen LogP contribution is 2.43. The van der Waals surface area contributed by atoms with Crippen LogP contribution in [0.4, 0.5) is 18.9 Å². The Bertz CT molecular complexity index is 1190. The molecule has 1 aliphatic heterocycles. The van der Waals surface area contributed by atoms with Crippen molar-refractivity contribution in [3.05, 3.63) is 58.1 Å². The highest BCUT2D eigenvalue weighted by atomic mass is 35.5. The van der Waals surface area contributed by atoms with Crippen LogP contribution in [0.2, 0.25) is 5.02 Å². The van der Waals surface area contributed by atoms with Gasteiger partial charge in [0.05, 0.1) is 15.9 Å². The number of amides is 1. The Kier molecular flexibility index (Phi) is 6.26. The average molecular weight is 501 g/mol. The maximum atomic E-state index is 13.6. The fourth-order valence-corrected chi connectivity index (χ4v) is 6.21. The summed E-state index contributed by atoms with van der Waals surface area (Å²) in [5, 5.41) is 2.79. The molecule has 1 amide bonds. The summed E-state index contributed by atoms with van der Waals surface area (Å²) < 4.78 is 69.5. The molecule has 1 saturated carbocycles. The first-order valence-corrected chi connectivity index (χ1v) is 12.6. The quantitative estimate of drug-likeness (QED) is 0.575. The number of alkyl halides is 3. The molecule has 2 aromatic rings. The molecule has 178 valence electrons. The lowest BCUT2D eigenvalue weighted by atomic mass is 9.77. The lowest BCUT2D eigenvalue weighted by Crippen LogP contribution is -2.36. The second-order valence-electron chi connectivity index (χ2n) is 8.93. The Balaban J connectivity index is 1.71. The molecule has 0 aromatic heterocycles. The van der Waals surface area contributed by atoms with Crippen molar-refractivity contribution in [1.29, 1.82) is 0 Å². The monoisotopic (exact) mass is 500 g/mol. The van der Waals surface area contributed by atoms with Gasteiger partial charge in [0.2, 0.25) is 15.9 Å². The number of carbonyl (C=O) groups excluding carboxylic acids is 1. The van der Waals surface area contributed by atoms with Gasteiger partial charge in [0.25, 0.3) is 0 Å². The molecule has 1 unspecified atom stereocenters. The largest absolute Gasteiger partial charge is 0.416 e. The van der Waals surface area contributed by atoms with Gasteiger partial charge < -0.3 is 5.32 Å². The van der Waals surface area contributed by atoms with Crippen molar-refractivity contribution in [2.75, 3.05) is 5.32 Å². The van der Waals surface area contributed by atoms with Crippen molar-refractivity contribution in [1.82, 2.24) is 4.72 Å². The Morgan fingerprint density at radius 3 is 2.48 bits per heavy atom. The van der Waals surface area contributed by atoms with E-state index in [1.54, 1.807) is 0 Å². The molecule has 33 heavy (non-hydrogen) atoms. The van der Waals surface area contributed by atoms with Crippen LogP contribution in [0.15, 0.2) is 41.3 Å². The Labute approximate surface area is 195 Å². The summed E-state index contributed by atoms with van der Waals surface area (Å²) >= 11 is 5.96. The van der Waals surface area contributed by atoms with Gasteiger partial charge in [-0.2, -0.15) is 13.2 Å². The van der Waals surface area contributed by atoms with Gasteiger partial charge in [-0.25, -0.2) is 13.1 Å². The minimum absolute atomic E-state index is 0.0170. The molecule has 0 spiro atoms. The van der Waals surface area contributed by atoms with Crippen LogP contribution in [-0.2, 0) is 32.8 Å². The highest BCUT2D eigenvalue weighted by Gasteiger charge is 2.45. The summed E-state index contributed by atoms with van der Waals surface area (Å²) in [6.07, 6.45) is -0.408. The third-order valence-corrected chi connectivity index (χ3v) is 8.24. The smallest absolute Gasteiger partial charge is 0.325 e. The number of hydrogen-bond donors (Lipinski definition) is 2. The summed E-state index contributed by atoms with van der Waals surface area (Å²) in [5.41, 5.74) is -1.69. The van der Waals surface area contributed by atoms with Crippen LogP contribution in [-0.4, -0.2) is 20.4 Å². The van der Waals surface area contributed by atoms with E-state index in [4.69, 9.17) is 11.6 Å². The van der Waals surface area contributed by atoms with Crippen molar-refractivity contribution in [2.45, 2.75) is 68.0 Å². The first-order chi connectivity index (χ1) is 15.4. The summed E-state index contributed by atoms with van der Waals surface area (Å²) in [4.78, 5) is 12.9. The van der Waals surface area contributed by atoms with Gasteiger partial charge in [0.1, 0.15) is 0 Å². The predicted molar refractivity (Wildman–Crippen MR) is 120 cm³/mol. The highest BCUT2D eigenvalue weighted by molar-refractivity contribution is 7.89.